The van der Waals surface area contributed by atoms with Gasteiger partial charge in [0.05, 0.1) is 5.56 Å². The quantitative estimate of drug-likeness (QED) is 0.421. The summed E-state index contributed by atoms with van der Waals surface area (Å²) in [6, 6.07) is 8.74. The van der Waals surface area contributed by atoms with Crippen LogP contribution in [0.5, 0.6) is 0 Å². The van der Waals surface area contributed by atoms with E-state index in [4.69, 9.17) is 0 Å². The number of amides is 2. The van der Waals surface area contributed by atoms with Gasteiger partial charge in [0.2, 0.25) is 0 Å². The molecule has 0 aromatic heterocycles. The molecule has 0 bridgehead atoms. The number of likely N-dealkylation sites (N-methyl/N-ethyl adjacent to an activating group) is 1. The second-order valence-electron chi connectivity index (χ2n) is 10.1. The number of halogens is 3. The van der Waals surface area contributed by atoms with Crippen LogP contribution in [0.2, 0.25) is 19.6 Å². The number of alkyl halides is 3. The summed E-state index contributed by atoms with van der Waals surface area (Å²) in [5.41, 5.74) is 5.20. The van der Waals surface area contributed by atoms with Crippen LogP contribution in [0.4, 0.5) is 29.3 Å². The normalized spacial score (nSPS) is 15.3. The molecule has 1 heterocycles. The molecule has 3 rings (SSSR count). The van der Waals surface area contributed by atoms with Crippen LogP contribution in [0.1, 0.15) is 22.3 Å². The second kappa shape index (κ2) is 10.9. The molecule has 9 heteroatoms. The van der Waals surface area contributed by atoms with Crippen molar-refractivity contribution in [2.45, 2.75) is 39.3 Å². The Morgan fingerprint density at radius 2 is 1.60 bits per heavy atom. The number of nitrogens with zero attached hydrogens (tertiary/aromatic N) is 2. The van der Waals surface area contributed by atoms with Crippen molar-refractivity contribution in [3.05, 3.63) is 58.7 Å². The zero-order chi connectivity index (χ0) is 25.8. The number of anilines is 2. The number of carbonyl (C=O) groups excluding carboxylic acids is 1. The number of urea groups is 1. The summed E-state index contributed by atoms with van der Waals surface area (Å²) in [5.74, 6) is 3.19. The van der Waals surface area contributed by atoms with Crippen LogP contribution in [-0.4, -0.2) is 57.1 Å². The number of benzene rings is 2. The van der Waals surface area contributed by atoms with E-state index < -0.39 is 25.8 Å². The first-order valence-electron chi connectivity index (χ1n) is 11.6. The molecule has 0 atom stereocenters. The lowest BCUT2D eigenvalue weighted by atomic mass is 10.0. The van der Waals surface area contributed by atoms with E-state index in [2.05, 4.69) is 46.6 Å². The molecule has 1 aliphatic heterocycles. The van der Waals surface area contributed by atoms with Crippen molar-refractivity contribution in [2.75, 3.05) is 43.9 Å². The molecule has 0 unspecified atom stereocenters. The summed E-state index contributed by atoms with van der Waals surface area (Å²) in [7, 11) is 0.438. The van der Waals surface area contributed by atoms with E-state index in [0.717, 1.165) is 43.4 Å². The Kier molecular flexibility index (Phi) is 8.31. The van der Waals surface area contributed by atoms with E-state index in [-0.39, 0.29) is 17.8 Å². The highest BCUT2D eigenvalue weighted by atomic mass is 28.3. The van der Waals surface area contributed by atoms with Gasteiger partial charge in [0.1, 0.15) is 8.07 Å². The summed E-state index contributed by atoms with van der Waals surface area (Å²) in [6.45, 7) is 11.7. The highest BCUT2D eigenvalue weighted by Gasteiger charge is 2.34. The lowest BCUT2D eigenvalue weighted by molar-refractivity contribution is -0.138. The Morgan fingerprint density at radius 3 is 2.20 bits per heavy atom. The standard InChI is InChI=1S/C26H33F3N4OSi/c1-19-6-8-22(16-20(19)10-15-35(3,4)5)30-25(34)31-23-9-7-21(24(17-23)26(27,28)29)18-33-13-11-32(2)12-14-33/h6-9,16-17H,11-14,18H2,1-5H3,(H2,30,31,34). The minimum atomic E-state index is -4.52. The van der Waals surface area contributed by atoms with Gasteiger partial charge < -0.3 is 15.5 Å². The molecule has 2 aromatic rings. The van der Waals surface area contributed by atoms with Gasteiger partial charge in [-0.3, -0.25) is 4.90 Å². The summed E-state index contributed by atoms with van der Waals surface area (Å²) in [6.07, 6.45) is -4.52. The summed E-state index contributed by atoms with van der Waals surface area (Å²) >= 11 is 0. The Hall–Kier alpha value is -2.80. The average molecular weight is 503 g/mol. The van der Waals surface area contributed by atoms with Crippen LogP contribution < -0.4 is 10.6 Å². The second-order valence-corrected chi connectivity index (χ2v) is 14.8. The Labute approximate surface area is 206 Å². The SMILES string of the molecule is Cc1ccc(NC(=O)Nc2ccc(CN3CCN(C)CC3)c(C(F)(F)F)c2)cc1C#C[Si](C)(C)C. The fourth-order valence-electron chi connectivity index (χ4n) is 3.69. The molecule has 1 saturated heterocycles. The molecule has 2 aromatic carbocycles. The first-order chi connectivity index (χ1) is 16.3. The summed E-state index contributed by atoms with van der Waals surface area (Å²) < 4.78 is 41.4. The molecular weight excluding hydrogens is 469 g/mol. The molecule has 0 aliphatic carbocycles. The van der Waals surface area contributed by atoms with Gasteiger partial charge in [0.25, 0.3) is 0 Å². The van der Waals surface area contributed by atoms with Crippen LogP contribution in [0.25, 0.3) is 0 Å². The fraction of sp³-hybridized carbons (Fsp3) is 0.423. The summed E-state index contributed by atoms with van der Waals surface area (Å²) in [5, 5.41) is 5.23. The van der Waals surface area contributed by atoms with Crippen molar-refractivity contribution in [1.82, 2.24) is 9.80 Å². The number of piperazine rings is 1. The molecular formula is C26H33F3N4OSi. The van der Waals surface area contributed by atoms with E-state index in [9.17, 15) is 18.0 Å². The van der Waals surface area contributed by atoms with Crippen molar-refractivity contribution in [3.63, 3.8) is 0 Å². The van der Waals surface area contributed by atoms with Gasteiger partial charge in [0.15, 0.2) is 0 Å². The van der Waals surface area contributed by atoms with Gasteiger partial charge in [-0.25, -0.2) is 4.79 Å². The van der Waals surface area contributed by atoms with E-state index >= 15 is 0 Å². The van der Waals surface area contributed by atoms with E-state index in [1.807, 2.05) is 24.9 Å². The third-order valence-corrected chi connectivity index (χ3v) is 6.61. The maximum atomic E-state index is 13.8. The molecule has 1 fully saturated rings. The highest BCUT2D eigenvalue weighted by molar-refractivity contribution is 6.83. The smallest absolute Gasteiger partial charge is 0.308 e. The number of carbonyl (C=O) groups is 1. The molecule has 188 valence electrons. The predicted octanol–water partition coefficient (Wildman–Crippen LogP) is 5.63. The van der Waals surface area contributed by atoms with E-state index in [1.165, 1.54) is 12.1 Å². The Bertz CT molecular complexity index is 1120. The molecule has 35 heavy (non-hydrogen) atoms. The maximum Gasteiger partial charge on any atom is 0.416 e. The van der Waals surface area contributed by atoms with Gasteiger partial charge in [0, 0.05) is 49.7 Å². The molecule has 0 saturated carbocycles. The molecule has 2 N–H and O–H groups in total. The number of aryl methyl sites for hydroxylation is 1. The lowest BCUT2D eigenvalue weighted by Crippen LogP contribution is -2.44. The monoisotopic (exact) mass is 502 g/mol. The van der Waals surface area contributed by atoms with Gasteiger partial charge in [-0.05, 0) is 49.4 Å². The molecule has 5 nitrogen and oxygen atoms in total. The predicted molar refractivity (Wildman–Crippen MR) is 138 cm³/mol. The lowest BCUT2D eigenvalue weighted by Gasteiger charge is -2.33. The van der Waals surface area contributed by atoms with Gasteiger partial charge in [-0.15, -0.1) is 5.54 Å². The molecule has 0 spiro atoms. The van der Waals surface area contributed by atoms with Gasteiger partial charge in [-0.2, -0.15) is 13.2 Å². The minimum absolute atomic E-state index is 0.0859. The highest BCUT2D eigenvalue weighted by Crippen LogP contribution is 2.34. The first-order valence-corrected chi connectivity index (χ1v) is 15.1. The first kappa shape index (κ1) is 26.8. The van der Waals surface area contributed by atoms with Crippen LogP contribution in [-0.2, 0) is 12.7 Å². The number of hydrogen-bond donors (Lipinski definition) is 2. The third kappa shape index (κ3) is 8.13. The van der Waals surface area contributed by atoms with Gasteiger partial charge >= 0.3 is 12.2 Å². The summed E-state index contributed by atoms with van der Waals surface area (Å²) in [4.78, 5) is 16.7. The van der Waals surface area contributed by atoms with Crippen LogP contribution in [0, 0.1) is 18.4 Å². The molecule has 1 aliphatic rings. The fourth-order valence-corrected chi connectivity index (χ4v) is 4.20. The Balaban J connectivity index is 1.73. The zero-order valence-corrected chi connectivity index (χ0v) is 21.9. The number of nitrogens with one attached hydrogen (secondary N) is 2. The van der Waals surface area contributed by atoms with Crippen LogP contribution >= 0.6 is 0 Å². The van der Waals surface area contributed by atoms with Crippen molar-refractivity contribution in [1.29, 1.82) is 0 Å². The minimum Gasteiger partial charge on any atom is -0.308 e. The van der Waals surface area contributed by atoms with Crippen LogP contribution in [0.15, 0.2) is 36.4 Å². The van der Waals surface area contributed by atoms with Crippen molar-refractivity contribution >= 4 is 25.5 Å². The number of rotatable bonds is 4. The van der Waals surface area contributed by atoms with Crippen molar-refractivity contribution < 1.29 is 18.0 Å². The maximum absolute atomic E-state index is 13.8. The van der Waals surface area contributed by atoms with Crippen LogP contribution in [0.3, 0.4) is 0 Å². The Morgan fingerprint density at radius 1 is 1.00 bits per heavy atom. The average Bonchev–Trinajstić information content (AvgIpc) is 2.75. The van der Waals surface area contributed by atoms with Crippen molar-refractivity contribution in [2.24, 2.45) is 0 Å². The topological polar surface area (TPSA) is 47.6 Å². The molecule has 2 amide bonds. The van der Waals surface area contributed by atoms with Crippen molar-refractivity contribution in [3.8, 4) is 11.5 Å². The number of hydrogen-bond acceptors (Lipinski definition) is 3. The molecule has 0 radical (unpaired) electrons. The van der Waals surface area contributed by atoms with Gasteiger partial charge in [-0.1, -0.05) is 37.7 Å². The van der Waals surface area contributed by atoms with E-state index in [0.29, 0.717) is 5.69 Å². The largest absolute Gasteiger partial charge is 0.416 e. The third-order valence-electron chi connectivity index (χ3n) is 5.73. The van der Waals surface area contributed by atoms with E-state index in [1.54, 1.807) is 12.1 Å². The zero-order valence-electron chi connectivity index (χ0n) is 20.9.